The molecule has 2 N–H and O–H groups in total. The second-order valence-electron chi connectivity index (χ2n) is 5.79. The zero-order valence-electron chi connectivity index (χ0n) is 11.8. The molecule has 1 aliphatic carbocycles. The van der Waals surface area contributed by atoms with Crippen LogP contribution < -0.4 is 0 Å². The van der Waals surface area contributed by atoms with E-state index in [2.05, 4.69) is 4.90 Å². The van der Waals surface area contributed by atoms with Crippen LogP contribution in [-0.2, 0) is 9.59 Å². The molecule has 0 radical (unpaired) electrons. The summed E-state index contributed by atoms with van der Waals surface area (Å²) < 4.78 is 0. The third-order valence-corrected chi connectivity index (χ3v) is 4.45. The second kappa shape index (κ2) is 7.04. The van der Waals surface area contributed by atoms with Gasteiger partial charge in [0.2, 0.25) is 5.91 Å². The molecule has 2 aliphatic rings. The van der Waals surface area contributed by atoms with E-state index in [1.54, 1.807) is 0 Å². The topological polar surface area (TPSA) is 81.1 Å². The molecule has 2 rings (SSSR count). The van der Waals surface area contributed by atoms with Gasteiger partial charge in [0.05, 0.1) is 12.5 Å². The average molecular weight is 284 g/mol. The summed E-state index contributed by atoms with van der Waals surface area (Å²) in [6.45, 7) is 3.94. The summed E-state index contributed by atoms with van der Waals surface area (Å²) in [6, 6.07) is 0. The number of hydrogen-bond donors (Lipinski definition) is 2. The summed E-state index contributed by atoms with van der Waals surface area (Å²) in [5.41, 5.74) is 0. The van der Waals surface area contributed by atoms with Crippen molar-refractivity contribution in [3.63, 3.8) is 0 Å². The Morgan fingerprint density at radius 2 is 1.80 bits per heavy atom. The molecule has 0 aromatic heterocycles. The predicted molar refractivity (Wildman–Crippen MR) is 73.2 cm³/mol. The molecule has 1 amide bonds. The standard InChI is InChI=1S/C14H24N2O4/c17-9-8-15-4-1-5-16(7-6-15)13(18)11-2-3-12(10-11)14(19)20/h11-12,17H,1-10H2,(H,19,20)/t11-,12+/m1/s1. The third kappa shape index (κ3) is 3.70. The van der Waals surface area contributed by atoms with Gasteiger partial charge in [0.1, 0.15) is 0 Å². The van der Waals surface area contributed by atoms with Crippen LogP contribution in [0.2, 0.25) is 0 Å². The Labute approximate surface area is 119 Å². The van der Waals surface area contributed by atoms with E-state index in [-0.39, 0.29) is 24.3 Å². The van der Waals surface area contributed by atoms with Gasteiger partial charge in [-0.15, -0.1) is 0 Å². The van der Waals surface area contributed by atoms with Crippen molar-refractivity contribution in [2.75, 3.05) is 39.3 Å². The van der Waals surface area contributed by atoms with Crippen molar-refractivity contribution in [1.29, 1.82) is 0 Å². The highest BCUT2D eigenvalue weighted by Crippen LogP contribution is 2.32. The van der Waals surface area contributed by atoms with Gasteiger partial charge in [-0.1, -0.05) is 0 Å². The molecular formula is C14H24N2O4. The van der Waals surface area contributed by atoms with Gasteiger partial charge in [-0.05, 0) is 32.2 Å². The van der Waals surface area contributed by atoms with Gasteiger partial charge in [-0.2, -0.15) is 0 Å². The van der Waals surface area contributed by atoms with E-state index in [4.69, 9.17) is 10.2 Å². The first-order valence-electron chi connectivity index (χ1n) is 7.46. The second-order valence-corrected chi connectivity index (χ2v) is 5.79. The minimum Gasteiger partial charge on any atom is -0.481 e. The quantitative estimate of drug-likeness (QED) is 0.760. The maximum Gasteiger partial charge on any atom is 0.306 e. The summed E-state index contributed by atoms with van der Waals surface area (Å²) in [5.74, 6) is -1.10. The minimum absolute atomic E-state index is 0.111. The third-order valence-electron chi connectivity index (χ3n) is 4.45. The lowest BCUT2D eigenvalue weighted by Crippen LogP contribution is -2.38. The maximum absolute atomic E-state index is 12.5. The van der Waals surface area contributed by atoms with Crippen LogP contribution in [0, 0.1) is 11.8 Å². The lowest BCUT2D eigenvalue weighted by molar-refractivity contribution is -0.141. The highest BCUT2D eigenvalue weighted by atomic mass is 16.4. The molecule has 1 saturated heterocycles. The maximum atomic E-state index is 12.5. The fourth-order valence-corrected chi connectivity index (χ4v) is 3.24. The Kier molecular flexibility index (Phi) is 5.37. The van der Waals surface area contributed by atoms with Crippen molar-refractivity contribution in [3.05, 3.63) is 0 Å². The average Bonchev–Trinajstić information content (AvgIpc) is 2.80. The van der Waals surface area contributed by atoms with Gasteiger partial charge in [0, 0.05) is 32.1 Å². The van der Waals surface area contributed by atoms with Gasteiger partial charge < -0.3 is 15.1 Å². The van der Waals surface area contributed by atoms with Crippen LogP contribution >= 0.6 is 0 Å². The normalized spacial score (nSPS) is 28.4. The Bertz CT molecular complexity index is 361. The number of nitrogens with zero attached hydrogens (tertiary/aromatic N) is 2. The SMILES string of the molecule is O=C(O)[C@H]1CC[C@@H](C(=O)N2CCCN(CCO)CC2)C1. The molecule has 6 nitrogen and oxygen atoms in total. The Balaban J connectivity index is 1.85. The van der Waals surface area contributed by atoms with Crippen molar-refractivity contribution in [2.24, 2.45) is 11.8 Å². The molecule has 6 heteroatoms. The number of carboxylic acid groups (broad SMARTS) is 1. The molecule has 1 heterocycles. The summed E-state index contributed by atoms with van der Waals surface area (Å²) in [7, 11) is 0. The molecule has 0 bridgehead atoms. The number of carbonyl (C=O) groups is 2. The van der Waals surface area contributed by atoms with Gasteiger partial charge in [0.25, 0.3) is 0 Å². The number of carbonyl (C=O) groups excluding carboxylic acids is 1. The van der Waals surface area contributed by atoms with E-state index < -0.39 is 5.97 Å². The van der Waals surface area contributed by atoms with Crippen LogP contribution in [0.5, 0.6) is 0 Å². The highest BCUT2D eigenvalue weighted by molar-refractivity contribution is 5.81. The van der Waals surface area contributed by atoms with E-state index in [0.717, 1.165) is 26.1 Å². The fourth-order valence-electron chi connectivity index (χ4n) is 3.24. The minimum atomic E-state index is -0.773. The molecular weight excluding hydrogens is 260 g/mol. The van der Waals surface area contributed by atoms with Crippen LogP contribution in [0.1, 0.15) is 25.7 Å². The Morgan fingerprint density at radius 3 is 2.45 bits per heavy atom. The first-order chi connectivity index (χ1) is 9.61. The number of aliphatic carboxylic acids is 1. The van der Waals surface area contributed by atoms with Crippen LogP contribution in [0.4, 0.5) is 0 Å². The van der Waals surface area contributed by atoms with Crippen molar-refractivity contribution in [3.8, 4) is 0 Å². The van der Waals surface area contributed by atoms with Crippen molar-refractivity contribution >= 4 is 11.9 Å². The van der Waals surface area contributed by atoms with E-state index >= 15 is 0 Å². The van der Waals surface area contributed by atoms with Crippen LogP contribution in [0.25, 0.3) is 0 Å². The van der Waals surface area contributed by atoms with Crippen LogP contribution in [0.3, 0.4) is 0 Å². The van der Waals surface area contributed by atoms with Gasteiger partial charge in [-0.25, -0.2) is 0 Å². The van der Waals surface area contributed by atoms with Gasteiger partial charge in [-0.3, -0.25) is 14.5 Å². The number of aliphatic hydroxyl groups excluding tert-OH is 1. The monoisotopic (exact) mass is 284 g/mol. The molecule has 0 aromatic rings. The Morgan fingerprint density at radius 1 is 1.05 bits per heavy atom. The molecule has 2 atom stereocenters. The summed E-state index contributed by atoms with van der Waals surface area (Å²) in [5, 5.41) is 18.0. The Hall–Kier alpha value is -1.14. The molecule has 0 unspecified atom stereocenters. The molecule has 1 aliphatic heterocycles. The largest absolute Gasteiger partial charge is 0.481 e. The van der Waals surface area contributed by atoms with Crippen molar-refractivity contribution < 1.29 is 19.8 Å². The number of amides is 1. The lowest BCUT2D eigenvalue weighted by Gasteiger charge is -2.24. The van der Waals surface area contributed by atoms with Crippen LogP contribution in [-0.4, -0.2) is 71.2 Å². The summed E-state index contributed by atoms with van der Waals surface area (Å²) >= 11 is 0. The molecule has 1 saturated carbocycles. The van der Waals surface area contributed by atoms with E-state index in [0.29, 0.717) is 32.4 Å². The molecule has 114 valence electrons. The summed E-state index contributed by atoms with van der Waals surface area (Å²) in [4.78, 5) is 27.5. The van der Waals surface area contributed by atoms with Crippen molar-refractivity contribution in [1.82, 2.24) is 9.80 Å². The highest BCUT2D eigenvalue weighted by Gasteiger charge is 2.36. The first-order valence-corrected chi connectivity index (χ1v) is 7.46. The number of aliphatic hydroxyl groups is 1. The molecule has 2 fully saturated rings. The number of carboxylic acids is 1. The first kappa shape index (κ1) is 15.3. The van der Waals surface area contributed by atoms with Crippen molar-refractivity contribution in [2.45, 2.75) is 25.7 Å². The zero-order valence-corrected chi connectivity index (χ0v) is 11.8. The number of β-amino-alcohol motifs (C(OH)–C–C–N with tert-alkyl or cyclic N) is 1. The molecule has 20 heavy (non-hydrogen) atoms. The predicted octanol–water partition coefficient (Wildman–Crippen LogP) is 0.0139. The fraction of sp³-hybridized carbons (Fsp3) is 0.857. The number of rotatable bonds is 4. The zero-order chi connectivity index (χ0) is 14.5. The smallest absolute Gasteiger partial charge is 0.306 e. The van der Waals surface area contributed by atoms with Gasteiger partial charge >= 0.3 is 5.97 Å². The number of hydrogen-bond acceptors (Lipinski definition) is 4. The van der Waals surface area contributed by atoms with E-state index in [1.165, 1.54) is 0 Å². The van der Waals surface area contributed by atoms with E-state index in [9.17, 15) is 9.59 Å². The lowest BCUT2D eigenvalue weighted by atomic mass is 10.0. The van der Waals surface area contributed by atoms with E-state index in [1.807, 2.05) is 4.90 Å². The molecule has 0 spiro atoms. The molecule has 0 aromatic carbocycles. The summed E-state index contributed by atoms with van der Waals surface area (Å²) in [6.07, 6.45) is 2.73. The van der Waals surface area contributed by atoms with Crippen LogP contribution in [0.15, 0.2) is 0 Å². The van der Waals surface area contributed by atoms with Gasteiger partial charge in [0.15, 0.2) is 0 Å².